The molecule has 0 radical (unpaired) electrons. The molecule has 0 saturated carbocycles. The molecule has 0 bridgehead atoms. The van der Waals surface area contributed by atoms with Crippen LogP contribution >= 0.6 is 0 Å². The van der Waals surface area contributed by atoms with Crippen LogP contribution in [0.25, 0.3) is 0 Å². The van der Waals surface area contributed by atoms with E-state index in [0.29, 0.717) is 12.2 Å². The zero-order valence-corrected chi connectivity index (χ0v) is 9.59. The van der Waals surface area contributed by atoms with Crippen molar-refractivity contribution < 1.29 is 13.2 Å². The Bertz CT molecular complexity index is 399. The van der Waals surface area contributed by atoms with Crippen molar-refractivity contribution in [1.82, 2.24) is 0 Å². The van der Waals surface area contributed by atoms with Gasteiger partial charge in [-0.25, -0.2) is 13.2 Å². The van der Waals surface area contributed by atoms with Crippen molar-refractivity contribution in [2.75, 3.05) is 11.4 Å². The third-order valence-electron chi connectivity index (χ3n) is 3.22. The van der Waals surface area contributed by atoms with E-state index in [1.54, 1.807) is 0 Å². The first-order valence-electron chi connectivity index (χ1n) is 5.66. The average Bonchev–Trinajstić information content (AvgIpc) is 2.25. The highest BCUT2D eigenvalue weighted by Crippen LogP contribution is 2.27. The van der Waals surface area contributed by atoms with E-state index in [0.717, 1.165) is 25.0 Å². The van der Waals surface area contributed by atoms with E-state index >= 15 is 0 Å². The van der Waals surface area contributed by atoms with Gasteiger partial charge >= 0.3 is 0 Å². The van der Waals surface area contributed by atoms with Gasteiger partial charge in [0.1, 0.15) is 0 Å². The quantitative estimate of drug-likeness (QED) is 0.769. The predicted octanol–water partition coefficient (Wildman–Crippen LogP) is 2.42. The van der Waals surface area contributed by atoms with Gasteiger partial charge in [0.15, 0.2) is 17.5 Å². The van der Waals surface area contributed by atoms with Crippen LogP contribution in [0, 0.1) is 17.5 Å². The van der Waals surface area contributed by atoms with E-state index in [-0.39, 0.29) is 12.1 Å². The van der Waals surface area contributed by atoms with Gasteiger partial charge in [0, 0.05) is 36.4 Å². The Hall–Kier alpha value is -1.23. The third-order valence-corrected chi connectivity index (χ3v) is 3.22. The van der Waals surface area contributed by atoms with Gasteiger partial charge in [-0.1, -0.05) is 0 Å². The zero-order valence-electron chi connectivity index (χ0n) is 9.59. The first-order valence-corrected chi connectivity index (χ1v) is 5.66. The number of rotatable bonds is 1. The number of anilines is 1. The number of benzene rings is 1. The summed E-state index contributed by atoms with van der Waals surface area (Å²) in [6.07, 6.45) is 1.53. The van der Waals surface area contributed by atoms with Gasteiger partial charge in [-0.3, -0.25) is 0 Å². The van der Waals surface area contributed by atoms with Crippen molar-refractivity contribution in [3.05, 3.63) is 29.6 Å². The summed E-state index contributed by atoms with van der Waals surface area (Å²) in [6.45, 7) is 2.57. The van der Waals surface area contributed by atoms with Crippen molar-refractivity contribution in [2.24, 2.45) is 5.73 Å². The van der Waals surface area contributed by atoms with Crippen LogP contribution in [0.3, 0.4) is 0 Å². The van der Waals surface area contributed by atoms with Gasteiger partial charge in [-0.15, -0.1) is 0 Å². The Morgan fingerprint density at radius 2 is 1.82 bits per heavy atom. The summed E-state index contributed by atoms with van der Waals surface area (Å²) in [4.78, 5) is 1.86. The minimum absolute atomic E-state index is 0.100. The van der Waals surface area contributed by atoms with E-state index in [2.05, 4.69) is 0 Å². The van der Waals surface area contributed by atoms with Crippen LogP contribution in [-0.4, -0.2) is 18.6 Å². The van der Waals surface area contributed by atoms with E-state index in [4.69, 9.17) is 5.73 Å². The molecule has 2 rings (SSSR count). The van der Waals surface area contributed by atoms with Crippen molar-refractivity contribution in [3.63, 3.8) is 0 Å². The smallest absolute Gasteiger partial charge is 0.194 e. The summed E-state index contributed by atoms with van der Waals surface area (Å²) >= 11 is 0. The molecule has 1 fully saturated rings. The molecule has 0 aliphatic carbocycles. The van der Waals surface area contributed by atoms with E-state index < -0.39 is 17.5 Å². The molecule has 5 heteroatoms. The molecule has 2 N–H and O–H groups in total. The standard InChI is InChI=1S/C12H15F3N2/c1-7-4-8(16)2-3-17(7)9-5-10(13)12(15)11(14)6-9/h5-8H,2-4,16H2,1H3. The number of halogens is 3. The Labute approximate surface area is 98.2 Å². The normalized spacial score (nSPS) is 25.1. The van der Waals surface area contributed by atoms with E-state index in [1.165, 1.54) is 0 Å². The van der Waals surface area contributed by atoms with Crippen LogP contribution in [-0.2, 0) is 0 Å². The average molecular weight is 244 g/mol. The molecule has 1 heterocycles. The second-order valence-electron chi connectivity index (χ2n) is 4.55. The number of nitrogens with two attached hydrogens (primary N) is 1. The fourth-order valence-electron chi connectivity index (χ4n) is 2.30. The van der Waals surface area contributed by atoms with Crippen LogP contribution in [0.5, 0.6) is 0 Å². The number of piperidine rings is 1. The van der Waals surface area contributed by atoms with Crippen LogP contribution in [0.15, 0.2) is 12.1 Å². The number of hydrogen-bond donors (Lipinski definition) is 1. The minimum atomic E-state index is -1.42. The Balaban J connectivity index is 2.28. The molecule has 17 heavy (non-hydrogen) atoms. The van der Waals surface area contributed by atoms with Crippen molar-refractivity contribution in [1.29, 1.82) is 0 Å². The summed E-state index contributed by atoms with van der Waals surface area (Å²) < 4.78 is 39.1. The summed E-state index contributed by atoms with van der Waals surface area (Å²) in [7, 11) is 0. The first kappa shape index (κ1) is 12.2. The molecule has 2 nitrogen and oxygen atoms in total. The Kier molecular flexibility index (Phi) is 3.28. The molecule has 0 spiro atoms. The molecule has 1 saturated heterocycles. The summed E-state index contributed by atoms with van der Waals surface area (Å²) in [5.41, 5.74) is 6.19. The largest absolute Gasteiger partial charge is 0.369 e. The summed E-state index contributed by atoms with van der Waals surface area (Å²) in [5.74, 6) is -3.72. The van der Waals surface area contributed by atoms with Crippen LogP contribution in [0.4, 0.5) is 18.9 Å². The van der Waals surface area contributed by atoms with Gasteiger partial charge in [-0.2, -0.15) is 0 Å². The molecule has 0 amide bonds. The van der Waals surface area contributed by atoms with Crippen LogP contribution < -0.4 is 10.6 Å². The lowest BCUT2D eigenvalue weighted by Crippen LogP contribution is -2.45. The maximum Gasteiger partial charge on any atom is 0.194 e. The molecule has 2 atom stereocenters. The van der Waals surface area contributed by atoms with E-state index in [1.807, 2.05) is 11.8 Å². The molecule has 1 aromatic rings. The monoisotopic (exact) mass is 244 g/mol. The topological polar surface area (TPSA) is 29.3 Å². The molecular weight excluding hydrogens is 229 g/mol. The van der Waals surface area contributed by atoms with Gasteiger partial charge in [0.25, 0.3) is 0 Å². The number of nitrogens with zero attached hydrogens (tertiary/aromatic N) is 1. The van der Waals surface area contributed by atoms with Gasteiger partial charge < -0.3 is 10.6 Å². The zero-order chi connectivity index (χ0) is 12.6. The van der Waals surface area contributed by atoms with Crippen molar-refractivity contribution in [3.8, 4) is 0 Å². The fraction of sp³-hybridized carbons (Fsp3) is 0.500. The highest BCUT2D eigenvalue weighted by atomic mass is 19.2. The van der Waals surface area contributed by atoms with Crippen molar-refractivity contribution in [2.45, 2.75) is 31.8 Å². The molecular formula is C12H15F3N2. The van der Waals surface area contributed by atoms with Crippen LogP contribution in [0.1, 0.15) is 19.8 Å². The molecule has 1 aliphatic rings. The van der Waals surface area contributed by atoms with Crippen LogP contribution in [0.2, 0.25) is 0 Å². The lowest BCUT2D eigenvalue weighted by molar-refractivity contribution is 0.422. The fourth-order valence-corrected chi connectivity index (χ4v) is 2.30. The SMILES string of the molecule is CC1CC(N)CCN1c1cc(F)c(F)c(F)c1. The lowest BCUT2D eigenvalue weighted by Gasteiger charge is -2.38. The predicted molar refractivity (Wildman–Crippen MR) is 60.3 cm³/mol. The molecule has 1 aliphatic heterocycles. The summed E-state index contributed by atoms with van der Waals surface area (Å²) in [6, 6.07) is 2.29. The Morgan fingerprint density at radius 3 is 2.35 bits per heavy atom. The highest BCUT2D eigenvalue weighted by molar-refractivity contribution is 5.48. The minimum Gasteiger partial charge on any atom is -0.369 e. The third kappa shape index (κ3) is 2.39. The molecule has 2 unspecified atom stereocenters. The molecule has 0 aromatic heterocycles. The highest BCUT2D eigenvalue weighted by Gasteiger charge is 2.25. The number of hydrogen-bond acceptors (Lipinski definition) is 2. The van der Waals surface area contributed by atoms with E-state index in [9.17, 15) is 13.2 Å². The maximum atomic E-state index is 13.1. The summed E-state index contributed by atoms with van der Waals surface area (Å²) in [5, 5.41) is 0. The molecule has 94 valence electrons. The lowest BCUT2D eigenvalue weighted by atomic mass is 9.98. The van der Waals surface area contributed by atoms with Gasteiger partial charge in [-0.05, 0) is 19.8 Å². The first-order chi connectivity index (χ1) is 7.99. The second-order valence-corrected chi connectivity index (χ2v) is 4.55. The Morgan fingerprint density at radius 1 is 1.24 bits per heavy atom. The van der Waals surface area contributed by atoms with Gasteiger partial charge in [0.2, 0.25) is 0 Å². The second kappa shape index (κ2) is 4.56. The van der Waals surface area contributed by atoms with Crippen molar-refractivity contribution >= 4 is 5.69 Å². The maximum absolute atomic E-state index is 13.1. The van der Waals surface area contributed by atoms with Gasteiger partial charge in [0.05, 0.1) is 0 Å². The molecule has 1 aromatic carbocycles.